The number of hydrogen-bond donors (Lipinski definition) is 2. The van der Waals surface area contributed by atoms with E-state index in [1.165, 1.54) is 18.4 Å². The molecule has 2 aromatic rings. The largest absolute Gasteiger partial charge is 0.449 e. The summed E-state index contributed by atoms with van der Waals surface area (Å²) in [6.07, 6.45) is 1.94. The Morgan fingerprint density at radius 1 is 1.35 bits per heavy atom. The minimum atomic E-state index is -3.69. The first kappa shape index (κ1) is 16.1. The molecule has 0 bridgehead atoms. The standard InChI is InChI=1S/C15H18N2O5S/c1-11-17-14(8-22-11)12-2-4-13(5-3-12)23(19,20)16-9-15(18)6-7-21-10-15/h2-5,8,16,18H,6-7,9-10H2,1H3/t15-/m0/s1. The van der Waals surface area contributed by atoms with Crippen molar-refractivity contribution in [3.05, 3.63) is 36.4 Å². The van der Waals surface area contributed by atoms with Gasteiger partial charge in [-0.3, -0.25) is 0 Å². The van der Waals surface area contributed by atoms with E-state index >= 15 is 0 Å². The topological polar surface area (TPSA) is 102 Å². The lowest BCUT2D eigenvalue weighted by Crippen LogP contribution is -2.43. The average molecular weight is 338 g/mol. The van der Waals surface area contributed by atoms with Crippen LogP contribution in [0.15, 0.2) is 39.8 Å². The van der Waals surface area contributed by atoms with Crippen LogP contribution in [-0.4, -0.2) is 43.9 Å². The number of aromatic nitrogens is 1. The Balaban J connectivity index is 1.72. The number of aliphatic hydroxyl groups is 1. The predicted octanol–water partition coefficient (Wildman–Crippen LogP) is 1.08. The Labute approximate surface area is 134 Å². The molecule has 124 valence electrons. The van der Waals surface area contributed by atoms with Crippen molar-refractivity contribution in [1.29, 1.82) is 0 Å². The molecular weight excluding hydrogens is 320 g/mol. The van der Waals surface area contributed by atoms with Crippen LogP contribution >= 0.6 is 0 Å². The zero-order chi connectivity index (χ0) is 16.5. The molecule has 0 spiro atoms. The van der Waals surface area contributed by atoms with Gasteiger partial charge in [0, 0.05) is 32.1 Å². The number of rotatable bonds is 5. The number of nitrogens with one attached hydrogen (secondary N) is 1. The van der Waals surface area contributed by atoms with Gasteiger partial charge in [-0.15, -0.1) is 0 Å². The van der Waals surface area contributed by atoms with E-state index in [0.29, 0.717) is 24.6 Å². The minimum Gasteiger partial charge on any atom is -0.449 e. The molecule has 0 saturated carbocycles. The van der Waals surface area contributed by atoms with Gasteiger partial charge in [0.2, 0.25) is 10.0 Å². The maximum atomic E-state index is 12.3. The van der Waals surface area contributed by atoms with E-state index < -0.39 is 15.6 Å². The fraction of sp³-hybridized carbons (Fsp3) is 0.400. The maximum Gasteiger partial charge on any atom is 0.240 e. The third-order valence-electron chi connectivity index (χ3n) is 3.75. The zero-order valence-electron chi connectivity index (χ0n) is 12.7. The van der Waals surface area contributed by atoms with Crippen LogP contribution in [0.4, 0.5) is 0 Å². The molecule has 23 heavy (non-hydrogen) atoms. The fourth-order valence-corrected chi connectivity index (χ4v) is 3.47. The first-order valence-corrected chi connectivity index (χ1v) is 8.69. The molecule has 1 fully saturated rings. The quantitative estimate of drug-likeness (QED) is 0.846. The van der Waals surface area contributed by atoms with Gasteiger partial charge >= 0.3 is 0 Å². The Bertz CT molecular complexity index is 776. The van der Waals surface area contributed by atoms with Gasteiger partial charge in [0.1, 0.15) is 17.6 Å². The average Bonchev–Trinajstić information content (AvgIpc) is 3.15. The van der Waals surface area contributed by atoms with E-state index in [2.05, 4.69) is 9.71 Å². The second kappa shape index (κ2) is 6.04. The summed E-state index contributed by atoms with van der Waals surface area (Å²) in [5.41, 5.74) is 0.283. The van der Waals surface area contributed by atoms with E-state index in [-0.39, 0.29) is 18.0 Å². The first-order valence-electron chi connectivity index (χ1n) is 7.20. The summed E-state index contributed by atoms with van der Waals surface area (Å²) in [4.78, 5) is 4.32. The maximum absolute atomic E-state index is 12.3. The van der Waals surface area contributed by atoms with Crippen molar-refractivity contribution >= 4 is 10.0 Å². The van der Waals surface area contributed by atoms with Crippen LogP contribution < -0.4 is 4.72 Å². The summed E-state index contributed by atoms with van der Waals surface area (Å²) in [6, 6.07) is 6.33. The van der Waals surface area contributed by atoms with Gasteiger partial charge in [-0.25, -0.2) is 18.1 Å². The Morgan fingerprint density at radius 2 is 2.09 bits per heavy atom. The lowest BCUT2D eigenvalue weighted by Gasteiger charge is -2.20. The van der Waals surface area contributed by atoms with Gasteiger partial charge in [0.05, 0.1) is 11.5 Å². The molecule has 8 heteroatoms. The van der Waals surface area contributed by atoms with E-state index in [1.54, 1.807) is 19.1 Å². The van der Waals surface area contributed by atoms with Crippen molar-refractivity contribution in [3.8, 4) is 11.3 Å². The highest BCUT2D eigenvalue weighted by atomic mass is 32.2. The van der Waals surface area contributed by atoms with Crippen molar-refractivity contribution in [1.82, 2.24) is 9.71 Å². The molecule has 2 N–H and O–H groups in total. The molecule has 2 heterocycles. The molecule has 1 aliphatic rings. The molecule has 0 radical (unpaired) electrons. The number of hydrogen-bond acceptors (Lipinski definition) is 6. The van der Waals surface area contributed by atoms with Crippen LogP contribution in [0, 0.1) is 6.92 Å². The van der Waals surface area contributed by atoms with E-state index in [1.807, 2.05) is 0 Å². The molecular formula is C15H18N2O5S. The Hall–Kier alpha value is -1.74. The smallest absolute Gasteiger partial charge is 0.240 e. The summed E-state index contributed by atoms with van der Waals surface area (Å²) < 4.78 is 37.2. The Morgan fingerprint density at radius 3 is 2.65 bits per heavy atom. The van der Waals surface area contributed by atoms with Crippen molar-refractivity contribution < 1.29 is 22.7 Å². The summed E-state index contributed by atoms with van der Waals surface area (Å²) in [6.45, 7) is 2.24. The van der Waals surface area contributed by atoms with Gasteiger partial charge in [0.25, 0.3) is 0 Å². The Kier molecular flexibility index (Phi) is 4.24. The fourth-order valence-electron chi connectivity index (χ4n) is 2.35. The van der Waals surface area contributed by atoms with Gasteiger partial charge in [-0.1, -0.05) is 12.1 Å². The van der Waals surface area contributed by atoms with Crippen molar-refractivity contribution in [3.63, 3.8) is 0 Å². The number of ether oxygens (including phenoxy) is 1. The van der Waals surface area contributed by atoms with Crippen LogP contribution in [0.5, 0.6) is 0 Å². The molecule has 1 atom stereocenters. The number of oxazole rings is 1. The normalized spacial score (nSPS) is 21.7. The van der Waals surface area contributed by atoms with Crippen LogP contribution in [0.25, 0.3) is 11.3 Å². The molecule has 1 aliphatic heterocycles. The van der Waals surface area contributed by atoms with E-state index in [4.69, 9.17) is 9.15 Å². The van der Waals surface area contributed by atoms with Gasteiger partial charge in [-0.05, 0) is 12.1 Å². The molecule has 0 amide bonds. The minimum absolute atomic E-state index is 0.0699. The predicted molar refractivity (Wildman–Crippen MR) is 82.3 cm³/mol. The highest BCUT2D eigenvalue weighted by molar-refractivity contribution is 7.89. The lowest BCUT2D eigenvalue weighted by atomic mass is 10.1. The van der Waals surface area contributed by atoms with E-state index in [9.17, 15) is 13.5 Å². The van der Waals surface area contributed by atoms with E-state index in [0.717, 1.165) is 5.56 Å². The van der Waals surface area contributed by atoms with Crippen LogP contribution in [0.3, 0.4) is 0 Å². The highest BCUT2D eigenvalue weighted by Gasteiger charge is 2.33. The molecule has 0 unspecified atom stereocenters. The third-order valence-corrected chi connectivity index (χ3v) is 5.17. The first-order chi connectivity index (χ1) is 10.9. The summed E-state index contributed by atoms with van der Waals surface area (Å²) in [5, 5.41) is 10.1. The second-order valence-corrected chi connectivity index (χ2v) is 7.39. The molecule has 7 nitrogen and oxygen atoms in total. The highest BCUT2D eigenvalue weighted by Crippen LogP contribution is 2.22. The number of sulfonamides is 1. The van der Waals surface area contributed by atoms with Gasteiger partial charge in [0.15, 0.2) is 5.89 Å². The molecule has 1 saturated heterocycles. The third kappa shape index (κ3) is 3.61. The van der Waals surface area contributed by atoms with Crippen molar-refractivity contribution in [2.24, 2.45) is 0 Å². The molecule has 0 aliphatic carbocycles. The number of nitrogens with zero attached hydrogens (tertiary/aromatic N) is 1. The van der Waals surface area contributed by atoms with Gasteiger partial charge in [-0.2, -0.15) is 0 Å². The summed E-state index contributed by atoms with van der Waals surface area (Å²) >= 11 is 0. The van der Waals surface area contributed by atoms with Crippen molar-refractivity contribution in [2.75, 3.05) is 19.8 Å². The monoisotopic (exact) mass is 338 g/mol. The lowest BCUT2D eigenvalue weighted by molar-refractivity contribution is 0.0314. The second-order valence-electron chi connectivity index (χ2n) is 5.63. The molecule has 1 aromatic heterocycles. The van der Waals surface area contributed by atoms with Crippen LogP contribution in [0.1, 0.15) is 12.3 Å². The van der Waals surface area contributed by atoms with Crippen molar-refractivity contribution in [2.45, 2.75) is 23.8 Å². The zero-order valence-corrected chi connectivity index (χ0v) is 13.5. The SMILES string of the molecule is Cc1nc(-c2ccc(S(=O)(=O)NC[C@@]3(O)CCOC3)cc2)co1. The van der Waals surface area contributed by atoms with Crippen LogP contribution in [0.2, 0.25) is 0 Å². The number of benzene rings is 1. The van der Waals surface area contributed by atoms with Gasteiger partial charge < -0.3 is 14.3 Å². The number of aryl methyl sites for hydroxylation is 1. The molecule has 3 rings (SSSR count). The molecule has 1 aromatic carbocycles. The summed E-state index contributed by atoms with van der Waals surface area (Å²) in [5.74, 6) is 0.547. The van der Waals surface area contributed by atoms with Crippen LogP contribution in [-0.2, 0) is 14.8 Å². The summed E-state index contributed by atoms with van der Waals surface area (Å²) in [7, 11) is -3.69.